The second-order valence-electron chi connectivity index (χ2n) is 12.3. The number of amides is 3. The number of anilines is 2. The minimum absolute atomic E-state index is 0.0497. The lowest BCUT2D eigenvalue weighted by molar-refractivity contribution is -0.160. The number of ether oxygens (including phenoxy) is 1. The molecule has 0 spiro atoms. The van der Waals surface area contributed by atoms with Crippen molar-refractivity contribution < 1.29 is 23.9 Å². The molecular formula is C33H35N3O5. The molecule has 2 fully saturated rings. The summed E-state index contributed by atoms with van der Waals surface area (Å²) in [6.45, 7) is 7.34. The number of piperidine rings is 2. The van der Waals surface area contributed by atoms with E-state index >= 15 is 0 Å². The molecular weight excluding hydrogens is 518 g/mol. The maximum Gasteiger partial charge on any atom is 0.309 e. The topological polar surface area (TPSA) is 96.0 Å². The molecule has 1 atom stereocenters. The van der Waals surface area contributed by atoms with Crippen molar-refractivity contribution in [1.82, 2.24) is 5.32 Å². The predicted molar refractivity (Wildman–Crippen MR) is 157 cm³/mol. The third-order valence-corrected chi connectivity index (χ3v) is 8.27. The second-order valence-corrected chi connectivity index (χ2v) is 12.3. The van der Waals surface area contributed by atoms with Gasteiger partial charge in [0.2, 0.25) is 11.8 Å². The van der Waals surface area contributed by atoms with Gasteiger partial charge in [-0.05, 0) is 87.2 Å². The molecule has 0 aliphatic carbocycles. The van der Waals surface area contributed by atoms with Crippen LogP contribution in [0.5, 0.6) is 0 Å². The molecule has 0 saturated carbocycles. The number of rotatable bonds is 5. The third-order valence-electron chi connectivity index (χ3n) is 8.27. The van der Waals surface area contributed by atoms with Crippen molar-refractivity contribution in [2.75, 3.05) is 22.9 Å². The molecule has 0 radical (unpaired) electrons. The largest absolute Gasteiger partial charge is 0.460 e. The lowest BCUT2D eigenvalue weighted by atomic mass is 9.95. The summed E-state index contributed by atoms with van der Waals surface area (Å²) in [4.78, 5) is 54.0. The van der Waals surface area contributed by atoms with Crippen LogP contribution in [0.15, 0.2) is 54.6 Å². The normalized spacial score (nSPS) is 19.6. The number of esters is 1. The van der Waals surface area contributed by atoms with Crippen LogP contribution >= 0.6 is 0 Å². The zero-order valence-corrected chi connectivity index (χ0v) is 23.7. The summed E-state index contributed by atoms with van der Waals surface area (Å²) in [5.74, 6) is -1.07. The molecule has 2 saturated heterocycles. The van der Waals surface area contributed by atoms with Gasteiger partial charge in [0.25, 0.3) is 5.91 Å². The van der Waals surface area contributed by atoms with E-state index in [2.05, 4.69) is 34.5 Å². The van der Waals surface area contributed by atoms with Gasteiger partial charge in [0, 0.05) is 36.1 Å². The molecule has 8 heteroatoms. The first-order valence-electron chi connectivity index (χ1n) is 14.4. The molecule has 6 rings (SSSR count). The Bertz CT molecular complexity index is 1550. The van der Waals surface area contributed by atoms with Gasteiger partial charge in [-0.1, -0.05) is 30.3 Å². The Labute approximate surface area is 239 Å². The molecule has 3 amide bonds. The summed E-state index contributed by atoms with van der Waals surface area (Å²) in [6.07, 6.45) is 2.81. The summed E-state index contributed by atoms with van der Waals surface area (Å²) in [5, 5.41) is 4.24. The van der Waals surface area contributed by atoms with Gasteiger partial charge < -0.3 is 9.64 Å². The maximum absolute atomic E-state index is 13.4. The first-order valence-corrected chi connectivity index (χ1v) is 14.4. The number of carbonyl (C=O) groups is 4. The first-order chi connectivity index (χ1) is 19.6. The van der Waals surface area contributed by atoms with E-state index in [1.165, 1.54) is 0 Å². The minimum Gasteiger partial charge on any atom is -0.460 e. The average Bonchev–Trinajstić information content (AvgIpc) is 3.22. The molecule has 1 unspecified atom stereocenters. The number of imide groups is 1. The number of benzene rings is 3. The van der Waals surface area contributed by atoms with E-state index < -0.39 is 17.6 Å². The van der Waals surface area contributed by atoms with Gasteiger partial charge in [-0.25, -0.2) is 0 Å². The standard InChI is InChI=1S/C33H35N3O5/c1-33(2,3)41-32(40)21-15-17-35(18-16-21)23-10-7-20(8-11-23)19-22-9-12-26-29-24(22)5-4-6-25(29)31(39)36(26)27-13-14-28(37)34-30(27)38/h4-12,21,27H,13-19H2,1-3H3,(H,34,37,38). The first kappa shape index (κ1) is 27.0. The van der Waals surface area contributed by atoms with Crippen molar-refractivity contribution in [3.8, 4) is 0 Å². The highest BCUT2D eigenvalue weighted by Gasteiger charge is 2.40. The fraction of sp³-hybridized carbons (Fsp3) is 0.394. The van der Waals surface area contributed by atoms with Gasteiger partial charge in [-0.15, -0.1) is 0 Å². The Morgan fingerprint density at radius 2 is 1.68 bits per heavy atom. The van der Waals surface area contributed by atoms with Crippen molar-refractivity contribution in [3.05, 3.63) is 71.3 Å². The quantitative estimate of drug-likeness (QED) is 0.362. The zero-order valence-electron chi connectivity index (χ0n) is 23.7. The van der Waals surface area contributed by atoms with Gasteiger partial charge in [-0.2, -0.15) is 0 Å². The number of nitrogens with zero attached hydrogens (tertiary/aromatic N) is 2. The van der Waals surface area contributed by atoms with E-state index in [1.807, 2.05) is 51.1 Å². The predicted octanol–water partition coefficient (Wildman–Crippen LogP) is 4.75. The molecule has 8 nitrogen and oxygen atoms in total. The van der Waals surface area contributed by atoms with Crippen molar-refractivity contribution in [1.29, 1.82) is 0 Å². The maximum atomic E-state index is 13.4. The molecule has 3 aromatic rings. The van der Waals surface area contributed by atoms with Crippen LogP contribution in [0, 0.1) is 5.92 Å². The summed E-state index contributed by atoms with van der Waals surface area (Å²) < 4.78 is 5.58. The van der Waals surface area contributed by atoms with Crippen LogP contribution in [0.1, 0.15) is 67.9 Å². The van der Waals surface area contributed by atoms with Crippen LogP contribution in [0.4, 0.5) is 11.4 Å². The van der Waals surface area contributed by atoms with Crippen LogP contribution in [0.2, 0.25) is 0 Å². The zero-order chi connectivity index (χ0) is 28.9. The van der Waals surface area contributed by atoms with E-state index in [0.717, 1.165) is 59.2 Å². The van der Waals surface area contributed by atoms with E-state index in [-0.39, 0.29) is 30.1 Å². The molecule has 3 aliphatic rings. The van der Waals surface area contributed by atoms with Crippen molar-refractivity contribution >= 4 is 45.8 Å². The van der Waals surface area contributed by atoms with Gasteiger partial charge >= 0.3 is 5.97 Å². The van der Waals surface area contributed by atoms with Crippen LogP contribution in [0.25, 0.3) is 10.8 Å². The molecule has 1 N–H and O–H groups in total. The Kier molecular flexibility index (Phi) is 6.80. The summed E-state index contributed by atoms with van der Waals surface area (Å²) in [5.41, 5.74) is 4.26. The van der Waals surface area contributed by atoms with Gasteiger partial charge in [-0.3, -0.25) is 29.4 Å². The molecule has 0 bridgehead atoms. The fourth-order valence-electron chi connectivity index (χ4n) is 6.26. The number of hydrogen-bond acceptors (Lipinski definition) is 6. The van der Waals surface area contributed by atoms with E-state index in [9.17, 15) is 19.2 Å². The molecule has 41 heavy (non-hydrogen) atoms. The lowest BCUT2D eigenvalue weighted by Gasteiger charge is -2.34. The van der Waals surface area contributed by atoms with Crippen LogP contribution in [0.3, 0.4) is 0 Å². The third kappa shape index (κ3) is 5.19. The highest BCUT2D eigenvalue weighted by Crippen LogP contribution is 2.41. The lowest BCUT2D eigenvalue weighted by Crippen LogP contribution is -2.53. The van der Waals surface area contributed by atoms with Crippen molar-refractivity contribution in [2.24, 2.45) is 5.92 Å². The van der Waals surface area contributed by atoms with Crippen LogP contribution in [-0.4, -0.2) is 48.4 Å². The van der Waals surface area contributed by atoms with Crippen LogP contribution in [-0.2, 0) is 25.5 Å². The Morgan fingerprint density at radius 3 is 2.37 bits per heavy atom. The SMILES string of the molecule is CC(C)(C)OC(=O)C1CCN(c2ccc(Cc3ccc4c5c(cccc35)C(=O)N4C3CCC(=O)NC3=O)cc2)CC1. The highest BCUT2D eigenvalue weighted by molar-refractivity contribution is 6.27. The number of carbonyl (C=O) groups excluding carboxylic acids is 4. The molecule has 3 aromatic carbocycles. The number of hydrogen-bond donors (Lipinski definition) is 1. The van der Waals surface area contributed by atoms with E-state index in [0.29, 0.717) is 18.4 Å². The van der Waals surface area contributed by atoms with E-state index in [1.54, 1.807) is 4.90 Å². The minimum atomic E-state index is -0.691. The Balaban J connectivity index is 1.17. The average molecular weight is 554 g/mol. The Hall–Kier alpha value is -4.20. The molecule has 3 aliphatic heterocycles. The second kappa shape index (κ2) is 10.3. The summed E-state index contributed by atoms with van der Waals surface area (Å²) in [7, 11) is 0. The fourth-order valence-corrected chi connectivity index (χ4v) is 6.26. The smallest absolute Gasteiger partial charge is 0.309 e. The van der Waals surface area contributed by atoms with Crippen molar-refractivity contribution in [3.63, 3.8) is 0 Å². The molecule has 0 aromatic heterocycles. The van der Waals surface area contributed by atoms with E-state index in [4.69, 9.17) is 4.74 Å². The monoisotopic (exact) mass is 553 g/mol. The summed E-state index contributed by atoms with van der Waals surface area (Å²) >= 11 is 0. The van der Waals surface area contributed by atoms with Crippen LogP contribution < -0.4 is 15.1 Å². The van der Waals surface area contributed by atoms with Crippen molar-refractivity contribution in [2.45, 2.75) is 64.5 Å². The van der Waals surface area contributed by atoms with Gasteiger partial charge in [0.15, 0.2) is 0 Å². The number of nitrogens with one attached hydrogen (secondary N) is 1. The molecule has 212 valence electrons. The highest BCUT2D eigenvalue weighted by atomic mass is 16.6. The molecule has 3 heterocycles. The van der Waals surface area contributed by atoms with Gasteiger partial charge in [0.05, 0.1) is 11.6 Å². The van der Waals surface area contributed by atoms with Gasteiger partial charge in [0.1, 0.15) is 11.6 Å². The Morgan fingerprint density at radius 1 is 0.951 bits per heavy atom. The summed E-state index contributed by atoms with van der Waals surface area (Å²) in [6, 6.07) is 17.6.